The van der Waals surface area contributed by atoms with Crippen molar-refractivity contribution in [3.8, 4) is 0 Å². The topological polar surface area (TPSA) is 122 Å². The number of hydrogen-bond acceptors (Lipinski definition) is 5. The lowest BCUT2D eigenvalue weighted by atomic mass is 10.1. The molecule has 1 heterocycles. The first-order chi connectivity index (χ1) is 11.1. The quantitative estimate of drug-likeness (QED) is 0.422. The van der Waals surface area contributed by atoms with Gasteiger partial charge in [0.2, 0.25) is 5.91 Å². The molecule has 5 N–H and O–H groups in total. The van der Waals surface area contributed by atoms with Crippen molar-refractivity contribution in [2.45, 2.75) is 25.2 Å². The molecule has 1 aliphatic heterocycles. The number of rotatable bonds is 3. The number of likely N-dealkylation sites (tertiary alicyclic amines) is 1. The van der Waals surface area contributed by atoms with Gasteiger partial charge in [-0.3, -0.25) is 4.79 Å². The lowest BCUT2D eigenvalue weighted by Gasteiger charge is -2.16. The van der Waals surface area contributed by atoms with Gasteiger partial charge in [0.1, 0.15) is 0 Å². The van der Waals surface area contributed by atoms with E-state index < -0.39 is 12.1 Å². The summed E-state index contributed by atoms with van der Waals surface area (Å²) in [6.45, 7) is 1.33. The highest BCUT2D eigenvalue weighted by atomic mass is 19.4. The number of carboxylic acids is 1. The average molecular weight is 346 g/mol. The SMILES string of the molecule is NN=Cc1cccc(CN2CC[C@H](N)C2=O)c1.O=C(O)C(F)(F)F. The number of amides is 1. The standard InChI is InChI=1S/C12H16N4O.C2HF3O2/c13-11-4-5-16(12(11)17)8-10-3-1-2-9(6-10)7-15-14;3-2(4,5)1(6)7/h1-3,6-7,11H,4-5,8,13-14H2;(H,6,7)/t11-;/m0./s1. The first kappa shape index (κ1) is 19.4. The number of carbonyl (C=O) groups excluding carboxylic acids is 1. The van der Waals surface area contributed by atoms with E-state index in [1.54, 1.807) is 11.1 Å². The van der Waals surface area contributed by atoms with Gasteiger partial charge in [0.15, 0.2) is 0 Å². The summed E-state index contributed by atoms with van der Waals surface area (Å²) in [7, 11) is 0. The van der Waals surface area contributed by atoms with Crippen LogP contribution in [-0.2, 0) is 16.1 Å². The Morgan fingerprint density at radius 2 is 2.08 bits per heavy atom. The van der Waals surface area contributed by atoms with Crippen LogP contribution in [0.3, 0.4) is 0 Å². The van der Waals surface area contributed by atoms with Gasteiger partial charge >= 0.3 is 12.1 Å². The van der Waals surface area contributed by atoms with Crippen LogP contribution in [0, 0.1) is 0 Å². The number of hydrazone groups is 1. The Morgan fingerprint density at radius 1 is 1.46 bits per heavy atom. The van der Waals surface area contributed by atoms with Gasteiger partial charge in [-0.2, -0.15) is 18.3 Å². The van der Waals surface area contributed by atoms with Crippen LogP contribution < -0.4 is 11.6 Å². The normalized spacial score (nSPS) is 17.8. The maximum Gasteiger partial charge on any atom is 0.490 e. The molecular weight excluding hydrogens is 329 g/mol. The molecule has 0 spiro atoms. The molecule has 10 heteroatoms. The Morgan fingerprint density at radius 3 is 2.54 bits per heavy atom. The molecule has 1 atom stereocenters. The van der Waals surface area contributed by atoms with Gasteiger partial charge in [-0.15, -0.1) is 0 Å². The van der Waals surface area contributed by atoms with Crippen LogP contribution in [0.5, 0.6) is 0 Å². The third-order valence-electron chi connectivity index (χ3n) is 3.13. The van der Waals surface area contributed by atoms with E-state index in [4.69, 9.17) is 21.5 Å². The lowest BCUT2D eigenvalue weighted by Crippen LogP contribution is -2.33. The van der Waals surface area contributed by atoms with E-state index in [-0.39, 0.29) is 11.9 Å². The number of carboxylic acid groups (broad SMARTS) is 1. The van der Waals surface area contributed by atoms with E-state index in [0.717, 1.165) is 24.1 Å². The molecule has 2 rings (SSSR count). The van der Waals surface area contributed by atoms with Gasteiger partial charge in [-0.1, -0.05) is 18.2 Å². The van der Waals surface area contributed by atoms with Crippen LogP contribution >= 0.6 is 0 Å². The van der Waals surface area contributed by atoms with Crippen LogP contribution in [-0.4, -0.2) is 46.9 Å². The highest BCUT2D eigenvalue weighted by Gasteiger charge is 2.38. The second-order valence-electron chi connectivity index (χ2n) is 4.98. The number of aliphatic carboxylic acids is 1. The van der Waals surface area contributed by atoms with Crippen molar-refractivity contribution in [2.75, 3.05) is 6.54 Å². The fraction of sp³-hybridized carbons (Fsp3) is 0.357. The van der Waals surface area contributed by atoms with Gasteiger partial charge < -0.3 is 21.6 Å². The van der Waals surface area contributed by atoms with Gasteiger partial charge in [0.25, 0.3) is 0 Å². The first-order valence-electron chi connectivity index (χ1n) is 6.82. The minimum atomic E-state index is -5.08. The molecule has 1 aromatic carbocycles. The Balaban J connectivity index is 0.000000351. The molecule has 24 heavy (non-hydrogen) atoms. The largest absolute Gasteiger partial charge is 0.490 e. The molecule has 132 valence electrons. The molecule has 1 amide bonds. The van der Waals surface area contributed by atoms with Crippen molar-refractivity contribution in [3.63, 3.8) is 0 Å². The zero-order valence-electron chi connectivity index (χ0n) is 12.5. The molecule has 0 radical (unpaired) electrons. The molecule has 0 aliphatic carbocycles. The maximum absolute atomic E-state index is 11.7. The highest BCUT2D eigenvalue weighted by molar-refractivity contribution is 5.84. The summed E-state index contributed by atoms with van der Waals surface area (Å²) in [5.41, 5.74) is 7.66. The van der Waals surface area contributed by atoms with Gasteiger partial charge in [0.05, 0.1) is 12.3 Å². The second-order valence-corrected chi connectivity index (χ2v) is 4.98. The van der Waals surface area contributed by atoms with Crippen LogP contribution in [0.25, 0.3) is 0 Å². The van der Waals surface area contributed by atoms with Gasteiger partial charge in [-0.05, 0) is 23.6 Å². The summed E-state index contributed by atoms with van der Waals surface area (Å²) in [5.74, 6) is 2.38. The monoisotopic (exact) mass is 346 g/mol. The van der Waals surface area contributed by atoms with Crippen molar-refractivity contribution in [1.82, 2.24) is 4.90 Å². The smallest absolute Gasteiger partial charge is 0.475 e. The summed E-state index contributed by atoms with van der Waals surface area (Å²) >= 11 is 0. The molecule has 0 bridgehead atoms. The van der Waals surface area contributed by atoms with E-state index >= 15 is 0 Å². The molecule has 0 unspecified atom stereocenters. The number of halogens is 3. The van der Waals surface area contributed by atoms with Crippen molar-refractivity contribution >= 4 is 18.1 Å². The third kappa shape index (κ3) is 5.88. The molecular formula is C14H17F3N4O3. The Kier molecular flexibility index (Phi) is 6.71. The Hall–Kier alpha value is -2.62. The van der Waals surface area contributed by atoms with Crippen LogP contribution in [0.15, 0.2) is 29.4 Å². The van der Waals surface area contributed by atoms with E-state index in [9.17, 15) is 18.0 Å². The summed E-state index contributed by atoms with van der Waals surface area (Å²) in [5, 5.41) is 10.6. The fourth-order valence-corrected chi connectivity index (χ4v) is 2.00. The molecule has 7 nitrogen and oxygen atoms in total. The number of nitrogens with two attached hydrogens (primary N) is 2. The first-order valence-corrected chi connectivity index (χ1v) is 6.82. The van der Waals surface area contributed by atoms with E-state index in [1.165, 1.54) is 0 Å². The van der Waals surface area contributed by atoms with E-state index in [1.807, 2.05) is 24.3 Å². The number of nitrogens with zero attached hydrogens (tertiary/aromatic N) is 2. The fourth-order valence-electron chi connectivity index (χ4n) is 2.00. The Labute approximate surface area is 135 Å². The van der Waals surface area contributed by atoms with Gasteiger partial charge in [0, 0.05) is 13.1 Å². The minimum absolute atomic E-state index is 0.0305. The average Bonchev–Trinajstić information content (AvgIpc) is 2.80. The molecule has 1 aromatic rings. The lowest BCUT2D eigenvalue weighted by molar-refractivity contribution is -0.192. The summed E-state index contributed by atoms with van der Waals surface area (Å²) in [4.78, 5) is 22.4. The van der Waals surface area contributed by atoms with Crippen molar-refractivity contribution in [1.29, 1.82) is 0 Å². The number of benzene rings is 1. The molecule has 1 aliphatic rings. The van der Waals surface area contributed by atoms with Crippen LogP contribution in [0.4, 0.5) is 13.2 Å². The summed E-state index contributed by atoms with van der Waals surface area (Å²) in [6.07, 6.45) is -2.76. The van der Waals surface area contributed by atoms with E-state index in [0.29, 0.717) is 6.54 Å². The van der Waals surface area contributed by atoms with Crippen molar-refractivity contribution in [2.24, 2.45) is 16.7 Å². The molecule has 1 saturated heterocycles. The highest BCUT2D eigenvalue weighted by Crippen LogP contribution is 2.14. The molecule has 1 fully saturated rings. The Bertz CT molecular complexity index is 620. The zero-order valence-corrected chi connectivity index (χ0v) is 12.5. The van der Waals surface area contributed by atoms with Crippen LogP contribution in [0.2, 0.25) is 0 Å². The number of alkyl halides is 3. The van der Waals surface area contributed by atoms with Crippen molar-refractivity contribution < 1.29 is 27.9 Å². The van der Waals surface area contributed by atoms with Crippen molar-refractivity contribution in [3.05, 3.63) is 35.4 Å². The maximum atomic E-state index is 11.7. The van der Waals surface area contributed by atoms with Crippen LogP contribution in [0.1, 0.15) is 17.5 Å². The number of carbonyl (C=O) groups is 2. The third-order valence-corrected chi connectivity index (χ3v) is 3.13. The second kappa shape index (κ2) is 8.29. The predicted octanol–water partition coefficient (Wildman–Crippen LogP) is 0.672. The molecule has 0 saturated carbocycles. The zero-order chi connectivity index (χ0) is 18.3. The van der Waals surface area contributed by atoms with Gasteiger partial charge in [-0.25, -0.2) is 4.79 Å². The summed E-state index contributed by atoms with van der Waals surface area (Å²) < 4.78 is 31.7. The molecule has 0 aromatic heterocycles. The number of hydrogen-bond donors (Lipinski definition) is 3. The predicted molar refractivity (Wildman–Crippen MR) is 79.9 cm³/mol. The minimum Gasteiger partial charge on any atom is -0.475 e. The van der Waals surface area contributed by atoms with E-state index in [2.05, 4.69) is 5.10 Å². The summed E-state index contributed by atoms with van der Waals surface area (Å²) in [6, 6.07) is 7.45.